The normalized spacial score (nSPS) is 16.5. The van der Waals surface area contributed by atoms with Crippen molar-refractivity contribution in [2.75, 3.05) is 68.9 Å². The minimum Gasteiger partial charge on any atom is -0.495 e. The van der Waals surface area contributed by atoms with Gasteiger partial charge in [0.25, 0.3) is 0 Å². The van der Waals surface area contributed by atoms with E-state index in [1.165, 1.54) is 12.1 Å². The Balaban J connectivity index is 0.987. The number of amides is 1. The quantitative estimate of drug-likeness (QED) is 0.294. The lowest BCUT2D eigenvalue weighted by atomic mass is 10.0. The molecule has 236 valence electrons. The van der Waals surface area contributed by atoms with Gasteiger partial charge in [0.1, 0.15) is 18.1 Å². The molecular weight excluding hydrogens is 571 g/mol. The van der Waals surface area contributed by atoms with Crippen LogP contribution in [0.4, 0.5) is 30.2 Å². The molecule has 2 saturated heterocycles. The predicted octanol–water partition coefficient (Wildman–Crippen LogP) is 5.49. The lowest BCUT2D eigenvalue weighted by molar-refractivity contribution is -0.137. The number of nitrogens with two attached hydrogens (primary N) is 1. The molecule has 3 N–H and O–H groups in total. The maximum Gasteiger partial charge on any atom is 0.416 e. The van der Waals surface area contributed by atoms with Gasteiger partial charge in [-0.25, -0.2) is 0 Å². The number of piperidine rings is 1. The third kappa shape index (κ3) is 8.28. The Morgan fingerprint density at radius 1 is 0.932 bits per heavy atom. The number of ether oxygens (including phenoxy) is 2. The fourth-order valence-electron chi connectivity index (χ4n) is 5.66. The maximum atomic E-state index is 12.9. The molecule has 0 aliphatic carbocycles. The predicted molar refractivity (Wildman–Crippen MR) is 166 cm³/mol. The Morgan fingerprint density at radius 3 is 2.25 bits per heavy atom. The van der Waals surface area contributed by atoms with Crippen LogP contribution in [0.15, 0.2) is 66.7 Å². The summed E-state index contributed by atoms with van der Waals surface area (Å²) in [4.78, 5) is 19.6. The van der Waals surface area contributed by atoms with Crippen LogP contribution < -0.4 is 25.4 Å². The second kappa shape index (κ2) is 14.1. The Labute approximate surface area is 256 Å². The molecule has 1 amide bonds. The monoisotopic (exact) mass is 611 g/mol. The number of piperazine rings is 1. The minimum atomic E-state index is -4.34. The van der Waals surface area contributed by atoms with Gasteiger partial charge in [-0.2, -0.15) is 13.2 Å². The van der Waals surface area contributed by atoms with E-state index < -0.39 is 11.7 Å². The van der Waals surface area contributed by atoms with Gasteiger partial charge in [0, 0.05) is 75.7 Å². The number of nitrogens with zero attached hydrogens (tertiary/aromatic N) is 3. The molecule has 8 nitrogen and oxygen atoms in total. The molecule has 2 heterocycles. The van der Waals surface area contributed by atoms with Gasteiger partial charge in [0.15, 0.2) is 0 Å². The van der Waals surface area contributed by atoms with Crippen molar-refractivity contribution in [1.29, 1.82) is 0 Å². The van der Waals surface area contributed by atoms with E-state index in [-0.39, 0.29) is 12.5 Å². The van der Waals surface area contributed by atoms with Crippen molar-refractivity contribution in [3.05, 3.63) is 77.9 Å². The summed E-state index contributed by atoms with van der Waals surface area (Å²) < 4.78 is 49.3. The van der Waals surface area contributed by atoms with Crippen LogP contribution in [0.2, 0.25) is 0 Å². The van der Waals surface area contributed by atoms with Crippen molar-refractivity contribution >= 4 is 23.0 Å². The van der Waals surface area contributed by atoms with E-state index in [0.717, 1.165) is 82.2 Å². The average Bonchev–Trinajstić information content (AvgIpc) is 3.04. The van der Waals surface area contributed by atoms with Crippen LogP contribution >= 0.6 is 0 Å². The summed E-state index contributed by atoms with van der Waals surface area (Å²) in [5.74, 6) is 1.53. The van der Waals surface area contributed by atoms with Gasteiger partial charge in [-0.3, -0.25) is 9.69 Å². The fraction of sp³-hybridized carbons (Fsp3) is 0.424. The molecular formula is C33H40F3N5O3. The summed E-state index contributed by atoms with van der Waals surface area (Å²) >= 11 is 0. The molecule has 44 heavy (non-hydrogen) atoms. The molecule has 2 fully saturated rings. The molecule has 3 aromatic carbocycles. The van der Waals surface area contributed by atoms with Crippen LogP contribution in [-0.2, 0) is 17.6 Å². The largest absolute Gasteiger partial charge is 0.495 e. The standard InChI is InChI=1S/C33H40F3N5O3/c1-43-31-22-27(6-11-30(31)37)38-26-12-16-41(17-13-26)32(42)14-15-39-18-20-40(21-19-39)28-7-9-29(10-8-28)44-23-24-2-4-25(5-3-24)33(34,35)36/h2-11,22,26,38H,12-21,23,37H2,1H3. The van der Waals surface area contributed by atoms with E-state index in [9.17, 15) is 18.0 Å². The number of alkyl halides is 3. The van der Waals surface area contributed by atoms with Crippen molar-refractivity contribution in [1.82, 2.24) is 9.80 Å². The van der Waals surface area contributed by atoms with Gasteiger partial charge in [0.05, 0.1) is 18.4 Å². The van der Waals surface area contributed by atoms with Crippen LogP contribution in [0.1, 0.15) is 30.4 Å². The SMILES string of the molecule is COc1cc(NC2CCN(C(=O)CCN3CCN(c4ccc(OCc5ccc(C(F)(F)F)cc5)cc4)CC3)CC2)ccc1N. The zero-order valence-corrected chi connectivity index (χ0v) is 25.0. The Morgan fingerprint density at radius 2 is 1.61 bits per heavy atom. The second-order valence-electron chi connectivity index (χ2n) is 11.3. The average molecular weight is 612 g/mol. The molecule has 0 atom stereocenters. The molecule has 0 aromatic heterocycles. The highest BCUT2D eigenvalue weighted by molar-refractivity contribution is 5.76. The molecule has 0 saturated carbocycles. The van der Waals surface area contributed by atoms with Gasteiger partial charge < -0.3 is 30.3 Å². The number of nitrogen functional groups attached to an aromatic ring is 1. The third-order valence-electron chi connectivity index (χ3n) is 8.35. The van der Waals surface area contributed by atoms with Gasteiger partial charge in [-0.15, -0.1) is 0 Å². The summed E-state index contributed by atoms with van der Waals surface area (Å²) in [6.07, 6.45) is -2.02. The van der Waals surface area contributed by atoms with Crippen molar-refractivity contribution in [3.63, 3.8) is 0 Å². The van der Waals surface area contributed by atoms with Gasteiger partial charge in [0.2, 0.25) is 5.91 Å². The summed E-state index contributed by atoms with van der Waals surface area (Å²) in [6.45, 7) is 5.96. The Kier molecular flexibility index (Phi) is 10.0. The maximum absolute atomic E-state index is 12.9. The van der Waals surface area contributed by atoms with Crippen molar-refractivity contribution < 1.29 is 27.4 Å². The highest BCUT2D eigenvalue weighted by Crippen LogP contribution is 2.30. The van der Waals surface area contributed by atoms with Crippen LogP contribution in [0.5, 0.6) is 11.5 Å². The topological polar surface area (TPSA) is 83.3 Å². The van der Waals surface area contributed by atoms with Gasteiger partial charge in [-0.05, 0) is 66.9 Å². The first-order chi connectivity index (χ1) is 21.2. The van der Waals surface area contributed by atoms with E-state index in [2.05, 4.69) is 15.1 Å². The molecule has 0 bridgehead atoms. The molecule has 0 spiro atoms. The number of hydrogen-bond donors (Lipinski definition) is 2. The summed E-state index contributed by atoms with van der Waals surface area (Å²) in [5, 5.41) is 3.54. The van der Waals surface area contributed by atoms with E-state index in [0.29, 0.717) is 35.2 Å². The highest BCUT2D eigenvalue weighted by atomic mass is 19.4. The van der Waals surface area contributed by atoms with Crippen molar-refractivity contribution in [3.8, 4) is 11.5 Å². The van der Waals surface area contributed by atoms with Crippen LogP contribution in [0.25, 0.3) is 0 Å². The van der Waals surface area contributed by atoms with E-state index in [1.54, 1.807) is 7.11 Å². The van der Waals surface area contributed by atoms with E-state index in [1.807, 2.05) is 47.4 Å². The fourth-order valence-corrected chi connectivity index (χ4v) is 5.66. The number of anilines is 3. The zero-order valence-electron chi connectivity index (χ0n) is 25.0. The molecule has 0 unspecified atom stereocenters. The zero-order chi connectivity index (χ0) is 31.1. The molecule has 11 heteroatoms. The number of halogens is 3. The Hall–Kier alpha value is -4.12. The van der Waals surface area contributed by atoms with Crippen molar-refractivity contribution in [2.24, 2.45) is 0 Å². The van der Waals surface area contributed by atoms with E-state index in [4.69, 9.17) is 15.2 Å². The molecule has 2 aliphatic heterocycles. The number of carbonyl (C=O) groups excluding carboxylic acids is 1. The molecule has 3 aromatic rings. The number of methoxy groups -OCH3 is 1. The third-order valence-corrected chi connectivity index (χ3v) is 8.35. The number of hydrogen-bond acceptors (Lipinski definition) is 7. The summed E-state index contributed by atoms with van der Waals surface area (Å²) in [6, 6.07) is 18.8. The van der Waals surface area contributed by atoms with Gasteiger partial charge >= 0.3 is 6.18 Å². The lowest BCUT2D eigenvalue weighted by Gasteiger charge is -2.37. The molecule has 2 aliphatic rings. The lowest BCUT2D eigenvalue weighted by Crippen LogP contribution is -2.48. The van der Waals surface area contributed by atoms with Crippen LogP contribution in [0, 0.1) is 0 Å². The van der Waals surface area contributed by atoms with E-state index >= 15 is 0 Å². The van der Waals surface area contributed by atoms with Crippen LogP contribution in [-0.4, -0.2) is 74.7 Å². The summed E-state index contributed by atoms with van der Waals surface area (Å²) in [7, 11) is 1.61. The van der Waals surface area contributed by atoms with Crippen LogP contribution in [0.3, 0.4) is 0 Å². The molecule has 0 radical (unpaired) electrons. The van der Waals surface area contributed by atoms with Crippen molar-refractivity contribution in [2.45, 2.75) is 38.1 Å². The summed E-state index contributed by atoms with van der Waals surface area (Å²) in [5.41, 5.74) is 8.60. The first kappa shape index (κ1) is 31.3. The smallest absolute Gasteiger partial charge is 0.416 e. The Bertz CT molecular complexity index is 1370. The van der Waals surface area contributed by atoms with Gasteiger partial charge in [-0.1, -0.05) is 12.1 Å². The second-order valence-corrected chi connectivity index (χ2v) is 11.3. The number of benzene rings is 3. The first-order valence-electron chi connectivity index (χ1n) is 15.0. The number of likely N-dealkylation sites (tertiary alicyclic amines) is 1. The molecule has 5 rings (SSSR count). The minimum absolute atomic E-state index is 0.197. The number of rotatable bonds is 10. The number of carbonyl (C=O) groups is 1. The number of nitrogens with one attached hydrogen (secondary N) is 1. The first-order valence-corrected chi connectivity index (χ1v) is 15.0. The highest BCUT2D eigenvalue weighted by Gasteiger charge is 2.30.